The molecule has 2 aromatic carbocycles. The number of amides is 1. The van der Waals surface area contributed by atoms with E-state index < -0.39 is 18.0 Å². The minimum absolute atomic E-state index is 0.0786. The van der Waals surface area contributed by atoms with E-state index in [9.17, 15) is 9.59 Å². The fraction of sp³-hybridized carbons (Fsp3) is 0.0952. The van der Waals surface area contributed by atoms with Gasteiger partial charge in [0, 0.05) is 17.4 Å². The summed E-state index contributed by atoms with van der Waals surface area (Å²) in [6.45, 7) is 1.95. The summed E-state index contributed by atoms with van der Waals surface area (Å²) >= 11 is 11.7. The molecule has 0 saturated carbocycles. The smallest absolute Gasteiger partial charge is 0.340 e. The number of benzene rings is 2. The molecule has 28 heavy (non-hydrogen) atoms. The highest BCUT2D eigenvalue weighted by molar-refractivity contribution is 6.41. The number of aryl methyl sites for hydroxylation is 1. The maximum Gasteiger partial charge on any atom is 0.340 e. The predicted octanol–water partition coefficient (Wildman–Crippen LogP) is 5.23. The molecule has 0 aliphatic carbocycles. The first-order valence-electron chi connectivity index (χ1n) is 8.38. The quantitative estimate of drug-likeness (QED) is 0.458. The molecule has 0 spiro atoms. The summed E-state index contributed by atoms with van der Waals surface area (Å²) in [5.74, 6) is -1.21. The average molecular weight is 415 g/mol. The van der Waals surface area contributed by atoms with Crippen LogP contribution in [0, 0.1) is 6.92 Å². The molecule has 0 radical (unpaired) electrons. The summed E-state index contributed by atoms with van der Waals surface area (Å²) in [6, 6.07) is 17.4. The van der Waals surface area contributed by atoms with Crippen LogP contribution in [0.1, 0.15) is 27.6 Å². The van der Waals surface area contributed by atoms with Gasteiger partial charge < -0.3 is 10.1 Å². The summed E-state index contributed by atoms with van der Waals surface area (Å²) in [6.07, 6.45) is 0.0979. The average Bonchev–Trinajstić information content (AvgIpc) is 2.70. The fourth-order valence-corrected chi connectivity index (χ4v) is 2.72. The Kier molecular flexibility index (Phi) is 6.29. The van der Waals surface area contributed by atoms with Gasteiger partial charge in [0.15, 0.2) is 0 Å². The Labute approximate surface area is 172 Å². The van der Waals surface area contributed by atoms with E-state index in [0.717, 1.165) is 5.56 Å². The molecule has 1 aromatic heterocycles. The van der Waals surface area contributed by atoms with Crippen molar-refractivity contribution in [2.24, 2.45) is 0 Å². The molecule has 0 bridgehead atoms. The Balaban J connectivity index is 1.84. The van der Waals surface area contributed by atoms with Crippen LogP contribution in [0.2, 0.25) is 10.2 Å². The van der Waals surface area contributed by atoms with Gasteiger partial charge in [-0.1, -0.05) is 71.2 Å². The SMILES string of the molecule is Cc1ccc(NC(=O)[C@H](OC(=O)c2cnc(Cl)c(Cl)c2)c2ccccc2)cc1. The zero-order valence-corrected chi connectivity index (χ0v) is 16.4. The van der Waals surface area contributed by atoms with Crippen molar-refractivity contribution < 1.29 is 14.3 Å². The molecule has 1 amide bonds. The lowest BCUT2D eigenvalue weighted by Crippen LogP contribution is -2.26. The summed E-state index contributed by atoms with van der Waals surface area (Å²) in [5.41, 5.74) is 2.30. The Bertz CT molecular complexity index is 992. The molecule has 0 fully saturated rings. The van der Waals surface area contributed by atoms with E-state index in [-0.39, 0.29) is 15.7 Å². The molecule has 5 nitrogen and oxygen atoms in total. The number of ether oxygens (including phenoxy) is 1. The van der Waals surface area contributed by atoms with Crippen LogP contribution in [0.15, 0.2) is 66.9 Å². The van der Waals surface area contributed by atoms with Crippen LogP contribution in [-0.2, 0) is 9.53 Å². The molecule has 0 unspecified atom stereocenters. The lowest BCUT2D eigenvalue weighted by Gasteiger charge is -2.18. The van der Waals surface area contributed by atoms with Gasteiger partial charge in [0.25, 0.3) is 5.91 Å². The molecule has 1 heterocycles. The van der Waals surface area contributed by atoms with E-state index >= 15 is 0 Å². The molecular weight excluding hydrogens is 399 g/mol. The van der Waals surface area contributed by atoms with Gasteiger partial charge in [0.2, 0.25) is 6.10 Å². The third kappa shape index (κ3) is 4.88. The van der Waals surface area contributed by atoms with E-state index in [1.165, 1.54) is 12.3 Å². The lowest BCUT2D eigenvalue weighted by molar-refractivity contribution is -0.125. The van der Waals surface area contributed by atoms with Crippen molar-refractivity contribution >= 4 is 40.8 Å². The number of hydrogen-bond acceptors (Lipinski definition) is 4. The molecule has 7 heteroatoms. The molecule has 3 aromatic rings. The summed E-state index contributed by atoms with van der Waals surface area (Å²) in [5, 5.41) is 2.97. The second-order valence-electron chi connectivity index (χ2n) is 6.05. The van der Waals surface area contributed by atoms with Crippen LogP contribution in [0.5, 0.6) is 0 Å². The van der Waals surface area contributed by atoms with Crippen LogP contribution in [0.25, 0.3) is 0 Å². The Morgan fingerprint density at radius 1 is 1.04 bits per heavy atom. The van der Waals surface area contributed by atoms with Gasteiger partial charge >= 0.3 is 5.97 Å². The van der Waals surface area contributed by atoms with Crippen LogP contribution in [0.4, 0.5) is 5.69 Å². The number of nitrogens with zero attached hydrogens (tertiary/aromatic N) is 1. The zero-order valence-electron chi connectivity index (χ0n) is 14.9. The van der Waals surface area contributed by atoms with Crippen LogP contribution in [0.3, 0.4) is 0 Å². The molecular formula is C21H16Cl2N2O3. The number of pyridine rings is 1. The fourth-order valence-electron chi connectivity index (χ4n) is 2.45. The highest BCUT2D eigenvalue weighted by Crippen LogP contribution is 2.24. The number of halogens is 2. The van der Waals surface area contributed by atoms with Gasteiger partial charge in [-0.25, -0.2) is 9.78 Å². The standard InChI is InChI=1S/C21H16Cl2N2O3/c1-13-7-9-16(10-8-13)25-20(26)18(14-5-3-2-4-6-14)28-21(27)15-11-17(22)19(23)24-12-15/h2-12,18H,1H3,(H,25,26)/t18-/m1/s1. The zero-order chi connectivity index (χ0) is 20.1. The topological polar surface area (TPSA) is 68.3 Å². The first-order chi connectivity index (χ1) is 13.4. The summed E-state index contributed by atoms with van der Waals surface area (Å²) in [7, 11) is 0. The van der Waals surface area contributed by atoms with Crippen LogP contribution < -0.4 is 5.32 Å². The van der Waals surface area contributed by atoms with Gasteiger partial charge in [-0.05, 0) is 25.1 Å². The maximum absolute atomic E-state index is 12.8. The van der Waals surface area contributed by atoms with Crippen molar-refractivity contribution in [3.05, 3.63) is 93.7 Å². The number of carbonyl (C=O) groups excluding carboxylic acids is 2. The largest absolute Gasteiger partial charge is 0.444 e. The van der Waals surface area contributed by atoms with Crippen LogP contribution >= 0.6 is 23.2 Å². The first-order valence-corrected chi connectivity index (χ1v) is 9.14. The summed E-state index contributed by atoms with van der Waals surface area (Å²) in [4.78, 5) is 29.2. The Hall–Kier alpha value is -2.89. The van der Waals surface area contributed by atoms with E-state index in [1.54, 1.807) is 36.4 Å². The number of rotatable bonds is 5. The number of hydrogen-bond donors (Lipinski definition) is 1. The number of aromatic nitrogens is 1. The van der Waals surface area contributed by atoms with E-state index in [2.05, 4.69) is 10.3 Å². The highest BCUT2D eigenvalue weighted by atomic mass is 35.5. The molecule has 1 N–H and O–H groups in total. The van der Waals surface area contributed by atoms with E-state index in [1.807, 2.05) is 25.1 Å². The van der Waals surface area contributed by atoms with Gasteiger partial charge in [-0.3, -0.25) is 4.79 Å². The van der Waals surface area contributed by atoms with Crippen molar-refractivity contribution in [3.63, 3.8) is 0 Å². The highest BCUT2D eigenvalue weighted by Gasteiger charge is 2.26. The minimum Gasteiger partial charge on any atom is -0.444 e. The number of esters is 1. The lowest BCUT2D eigenvalue weighted by atomic mass is 10.1. The van der Waals surface area contributed by atoms with Crippen LogP contribution in [-0.4, -0.2) is 16.9 Å². The van der Waals surface area contributed by atoms with E-state index in [4.69, 9.17) is 27.9 Å². The van der Waals surface area contributed by atoms with Crippen molar-refractivity contribution in [2.75, 3.05) is 5.32 Å². The molecule has 0 saturated heterocycles. The van der Waals surface area contributed by atoms with Gasteiger partial charge in [-0.15, -0.1) is 0 Å². The van der Waals surface area contributed by atoms with Crippen molar-refractivity contribution in [1.29, 1.82) is 0 Å². The van der Waals surface area contributed by atoms with Gasteiger partial charge in [0.1, 0.15) is 5.15 Å². The van der Waals surface area contributed by atoms with Crippen molar-refractivity contribution in [2.45, 2.75) is 13.0 Å². The van der Waals surface area contributed by atoms with E-state index in [0.29, 0.717) is 11.3 Å². The Morgan fingerprint density at radius 3 is 2.36 bits per heavy atom. The third-order valence-electron chi connectivity index (χ3n) is 3.92. The van der Waals surface area contributed by atoms with Gasteiger partial charge in [0.05, 0.1) is 10.6 Å². The first kappa shape index (κ1) is 19.9. The second-order valence-corrected chi connectivity index (χ2v) is 6.81. The van der Waals surface area contributed by atoms with Gasteiger partial charge in [-0.2, -0.15) is 0 Å². The third-order valence-corrected chi connectivity index (χ3v) is 4.60. The van der Waals surface area contributed by atoms with Crippen molar-refractivity contribution in [3.8, 4) is 0 Å². The minimum atomic E-state index is -1.15. The molecule has 0 aliphatic rings. The predicted molar refractivity (Wildman–Crippen MR) is 109 cm³/mol. The monoisotopic (exact) mass is 414 g/mol. The normalized spacial score (nSPS) is 11.5. The second kappa shape index (κ2) is 8.87. The number of nitrogens with one attached hydrogen (secondary N) is 1. The molecule has 142 valence electrons. The number of carbonyl (C=O) groups is 2. The maximum atomic E-state index is 12.8. The Morgan fingerprint density at radius 2 is 1.71 bits per heavy atom. The summed E-state index contributed by atoms with van der Waals surface area (Å²) < 4.78 is 5.48. The molecule has 3 rings (SSSR count). The molecule has 1 atom stereocenters. The molecule has 0 aliphatic heterocycles. The van der Waals surface area contributed by atoms with Crippen molar-refractivity contribution in [1.82, 2.24) is 4.98 Å². The number of anilines is 1.